The summed E-state index contributed by atoms with van der Waals surface area (Å²) in [6, 6.07) is 4.51. The fourth-order valence-electron chi connectivity index (χ4n) is 3.40. The molecule has 2 rings (SSSR count). The second-order valence-corrected chi connectivity index (χ2v) is 7.64. The van der Waals surface area contributed by atoms with Crippen LogP contribution in [0, 0.1) is 5.92 Å². The number of hydrogen-bond donors (Lipinski definition) is 3. The number of halogens is 4. The molecule has 176 valence electrons. The number of aliphatic imine (C=N–C) groups is 1. The molecule has 0 spiro atoms. The molecule has 0 unspecified atom stereocenters. The highest BCUT2D eigenvalue weighted by Gasteiger charge is 2.22. The molecule has 7 nitrogen and oxygen atoms in total. The van der Waals surface area contributed by atoms with Crippen molar-refractivity contribution in [1.29, 1.82) is 0 Å². The molecular weight excluding hydrogens is 543 g/mol. The minimum absolute atomic E-state index is 0. The molecule has 1 aliphatic heterocycles. The standard InChI is InChI=1S/C20H30ClF2N5O2.HI/c1-25-20(27-13-15-12-16(21)4-5-17(15)30-19(22)23)26-8-2-3-9-28-10-6-14(7-11-28)18(24)29;/h4-5,12,14,19H,2-3,6-11,13H2,1H3,(H2,24,29)(H2,25,26,27);1H. The summed E-state index contributed by atoms with van der Waals surface area (Å²) in [7, 11) is 1.65. The van der Waals surface area contributed by atoms with Gasteiger partial charge in [-0.05, 0) is 63.5 Å². The van der Waals surface area contributed by atoms with Crippen LogP contribution in [-0.2, 0) is 11.3 Å². The molecular formula is C20H31ClF2IN5O2. The minimum Gasteiger partial charge on any atom is -0.434 e. The van der Waals surface area contributed by atoms with Crippen LogP contribution in [0.5, 0.6) is 5.75 Å². The van der Waals surface area contributed by atoms with Gasteiger partial charge < -0.3 is 26.0 Å². The third-order valence-electron chi connectivity index (χ3n) is 5.09. The van der Waals surface area contributed by atoms with Crippen molar-refractivity contribution in [3.8, 4) is 5.75 Å². The molecule has 1 saturated heterocycles. The zero-order valence-electron chi connectivity index (χ0n) is 17.6. The lowest BCUT2D eigenvalue weighted by atomic mass is 9.96. The van der Waals surface area contributed by atoms with E-state index in [2.05, 4.69) is 25.3 Å². The van der Waals surface area contributed by atoms with Crippen molar-refractivity contribution in [2.24, 2.45) is 16.6 Å². The number of carbonyl (C=O) groups excluding carboxylic acids is 1. The first-order valence-corrected chi connectivity index (χ1v) is 10.5. The molecule has 1 heterocycles. The van der Waals surface area contributed by atoms with Gasteiger partial charge in [0.25, 0.3) is 0 Å². The Morgan fingerprint density at radius 3 is 2.65 bits per heavy atom. The average Bonchev–Trinajstić information content (AvgIpc) is 2.71. The number of nitrogens with two attached hydrogens (primary N) is 1. The molecule has 31 heavy (non-hydrogen) atoms. The number of benzene rings is 1. The third kappa shape index (κ3) is 10.2. The predicted octanol–water partition coefficient (Wildman–Crippen LogP) is 3.20. The number of nitrogens with zero attached hydrogens (tertiary/aromatic N) is 2. The maximum atomic E-state index is 12.6. The Balaban J connectivity index is 0.00000480. The second kappa shape index (κ2) is 14.6. The van der Waals surface area contributed by atoms with E-state index in [1.54, 1.807) is 13.1 Å². The third-order valence-corrected chi connectivity index (χ3v) is 5.33. The van der Waals surface area contributed by atoms with Gasteiger partial charge in [-0.3, -0.25) is 9.79 Å². The number of rotatable bonds is 10. The van der Waals surface area contributed by atoms with Crippen LogP contribution in [0.3, 0.4) is 0 Å². The number of amides is 1. The number of piperidine rings is 1. The highest BCUT2D eigenvalue weighted by molar-refractivity contribution is 14.0. The highest BCUT2D eigenvalue weighted by atomic mass is 127. The SMILES string of the molecule is CN=C(NCCCCN1CCC(C(N)=O)CC1)NCc1cc(Cl)ccc1OC(F)F.I. The van der Waals surface area contributed by atoms with E-state index >= 15 is 0 Å². The lowest BCUT2D eigenvalue weighted by Crippen LogP contribution is -2.39. The molecule has 0 radical (unpaired) electrons. The van der Waals surface area contributed by atoms with E-state index in [0.717, 1.165) is 51.9 Å². The largest absolute Gasteiger partial charge is 0.434 e. The van der Waals surface area contributed by atoms with Crippen molar-refractivity contribution >= 4 is 47.4 Å². The minimum atomic E-state index is -2.90. The molecule has 0 aliphatic carbocycles. The van der Waals surface area contributed by atoms with Gasteiger partial charge in [-0.15, -0.1) is 24.0 Å². The molecule has 1 fully saturated rings. The Hall–Kier alpha value is -1.40. The molecule has 0 aromatic heterocycles. The van der Waals surface area contributed by atoms with E-state index in [1.807, 2.05) is 0 Å². The van der Waals surface area contributed by atoms with Crippen LogP contribution in [0.25, 0.3) is 0 Å². The van der Waals surface area contributed by atoms with E-state index in [9.17, 15) is 13.6 Å². The van der Waals surface area contributed by atoms with Gasteiger partial charge in [0.2, 0.25) is 5.91 Å². The molecule has 1 aromatic rings. The monoisotopic (exact) mass is 573 g/mol. The molecule has 0 atom stereocenters. The smallest absolute Gasteiger partial charge is 0.387 e. The predicted molar refractivity (Wildman–Crippen MR) is 129 cm³/mol. The highest BCUT2D eigenvalue weighted by Crippen LogP contribution is 2.24. The van der Waals surface area contributed by atoms with Gasteiger partial charge in [0.1, 0.15) is 5.75 Å². The van der Waals surface area contributed by atoms with Crippen molar-refractivity contribution in [2.45, 2.75) is 38.8 Å². The van der Waals surface area contributed by atoms with E-state index in [-0.39, 0.29) is 48.1 Å². The van der Waals surface area contributed by atoms with Crippen LogP contribution in [0.2, 0.25) is 5.02 Å². The van der Waals surface area contributed by atoms with E-state index in [1.165, 1.54) is 12.1 Å². The van der Waals surface area contributed by atoms with Crippen molar-refractivity contribution < 1.29 is 18.3 Å². The number of primary amides is 1. The van der Waals surface area contributed by atoms with Gasteiger partial charge in [0, 0.05) is 36.6 Å². The number of hydrogen-bond acceptors (Lipinski definition) is 4. The summed E-state index contributed by atoms with van der Waals surface area (Å²) in [4.78, 5) is 17.7. The van der Waals surface area contributed by atoms with Gasteiger partial charge in [-0.2, -0.15) is 8.78 Å². The molecule has 0 saturated carbocycles. The fraction of sp³-hybridized carbons (Fsp3) is 0.600. The zero-order chi connectivity index (χ0) is 21.9. The van der Waals surface area contributed by atoms with E-state index in [4.69, 9.17) is 17.3 Å². The molecule has 0 bridgehead atoms. The molecule has 1 aliphatic rings. The van der Waals surface area contributed by atoms with Crippen molar-refractivity contribution in [2.75, 3.05) is 33.2 Å². The summed E-state index contributed by atoms with van der Waals surface area (Å²) in [5.74, 6) is 0.476. The Bertz CT molecular complexity index is 719. The Morgan fingerprint density at radius 1 is 1.32 bits per heavy atom. The number of unbranched alkanes of at least 4 members (excludes halogenated alkanes) is 1. The number of alkyl halides is 2. The van der Waals surface area contributed by atoms with Gasteiger partial charge in [-0.25, -0.2) is 0 Å². The first-order chi connectivity index (χ1) is 14.4. The topological polar surface area (TPSA) is 92.0 Å². The van der Waals surface area contributed by atoms with Crippen molar-refractivity contribution in [3.63, 3.8) is 0 Å². The Labute approximate surface area is 204 Å². The Kier molecular flexibility index (Phi) is 13.0. The van der Waals surface area contributed by atoms with Gasteiger partial charge in [-0.1, -0.05) is 11.6 Å². The first-order valence-electron chi connectivity index (χ1n) is 10.1. The van der Waals surface area contributed by atoms with Crippen LogP contribution in [0.4, 0.5) is 8.78 Å². The van der Waals surface area contributed by atoms with Crippen LogP contribution in [0.1, 0.15) is 31.2 Å². The fourth-order valence-corrected chi connectivity index (χ4v) is 3.60. The zero-order valence-corrected chi connectivity index (χ0v) is 20.7. The molecule has 11 heteroatoms. The Morgan fingerprint density at radius 2 is 2.03 bits per heavy atom. The van der Waals surface area contributed by atoms with Crippen molar-refractivity contribution in [3.05, 3.63) is 28.8 Å². The van der Waals surface area contributed by atoms with Crippen molar-refractivity contribution in [1.82, 2.24) is 15.5 Å². The van der Waals surface area contributed by atoms with Crippen LogP contribution in [0.15, 0.2) is 23.2 Å². The summed E-state index contributed by atoms with van der Waals surface area (Å²) in [6.45, 7) is 0.879. The number of ether oxygens (including phenoxy) is 1. The van der Waals surface area contributed by atoms with Gasteiger partial charge in [0.15, 0.2) is 5.96 Å². The molecule has 4 N–H and O–H groups in total. The summed E-state index contributed by atoms with van der Waals surface area (Å²) in [5.41, 5.74) is 5.88. The summed E-state index contributed by atoms with van der Waals surface area (Å²) in [5, 5.41) is 6.74. The summed E-state index contributed by atoms with van der Waals surface area (Å²) < 4.78 is 29.7. The van der Waals surface area contributed by atoms with Crippen LogP contribution in [-0.4, -0.2) is 56.6 Å². The lowest BCUT2D eigenvalue weighted by Gasteiger charge is -2.30. The quantitative estimate of drug-likeness (QED) is 0.173. The van der Waals surface area contributed by atoms with Gasteiger partial charge in [0.05, 0.1) is 0 Å². The van der Waals surface area contributed by atoms with Crippen LogP contribution < -0.4 is 21.1 Å². The second-order valence-electron chi connectivity index (χ2n) is 7.21. The first kappa shape index (κ1) is 27.6. The molecule has 1 amide bonds. The molecule has 1 aromatic carbocycles. The normalized spacial score (nSPS) is 15.5. The summed E-state index contributed by atoms with van der Waals surface area (Å²) in [6.07, 6.45) is 3.65. The van der Waals surface area contributed by atoms with Gasteiger partial charge >= 0.3 is 6.61 Å². The maximum absolute atomic E-state index is 12.6. The summed E-state index contributed by atoms with van der Waals surface area (Å²) >= 11 is 5.96. The van der Waals surface area contributed by atoms with E-state index < -0.39 is 6.61 Å². The number of guanidine groups is 1. The van der Waals surface area contributed by atoms with E-state index in [0.29, 0.717) is 16.5 Å². The lowest BCUT2D eigenvalue weighted by molar-refractivity contribution is -0.123. The average molecular weight is 574 g/mol. The number of nitrogens with one attached hydrogen (secondary N) is 2. The number of likely N-dealkylation sites (tertiary alicyclic amines) is 1. The maximum Gasteiger partial charge on any atom is 0.387 e. The van der Waals surface area contributed by atoms with Crippen LogP contribution >= 0.6 is 35.6 Å². The number of carbonyl (C=O) groups is 1.